The summed E-state index contributed by atoms with van der Waals surface area (Å²) in [5.74, 6) is -0.739. The second-order valence-electron chi connectivity index (χ2n) is 4.49. The van der Waals surface area contributed by atoms with E-state index < -0.39 is 42.7 Å². The zero-order valence-corrected chi connectivity index (χ0v) is 10.9. The molecule has 0 aromatic rings. The molecule has 112 valence electrons. The summed E-state index contributed by atoms with van der Waals surface area (Å²) < 4.78 is 10.1. The summed E-state index contributed by atoms with van der Waals surface area (Å²) >= 11 is 0. The van der Waals surface area contributed by atoms with Gasteiger partial charge in [0.15, 0.2) is 6.29 Å². The summed E-state index contributed by atoms with van der Waals surface area (Å²) in [6, 6.07) is -0.873. The largest absolute Gasteiger partial charge is 0.396 e. The first kappa shape index (κ1) is 16.3. The Morgan fingerprint density at radius 1 is 1.42 bits per heavy atom. The monoisotopic (exact) mass is 279 g/mol. The predicted octanol–water partition coefficient (Wildman–Crippen LogP) is -2.67. The second kappa shape index (κ2) is 7.13. The fraction of sp³-hybridized carbons (Fsp3) is 0.909. The van der Waals surface area contributed by atoms with Gasteiger partial charge in [0.25, 0.3) is 0 Å². The number of aliphatic hydroxyl groups excluding tert-OH is 4. The average molecular weight is 279 g/mol. The summed E-state index contributed by atoms with van der Waals surface area (Å²) in [5.41, 5.74) is 0. The molecule has 6 atom stereocenters. The van der Waals surface area contributed by atoms with Crippen LogP contribution in [0.4, 0.5) is 0 Å². The summed E-state index contributed by atoms with van der Waals surface area (Å²) in [4.78, 5) is 11.6. The van der Waals surface area contributed by atoms with Crippen LogP contribution in [0.25, 0.3) is 0 Å². The fourth-order valence-corrected chi connectivity index (χ4v) is 1.94. The van der Waals surface area contributed by atoms with Crippen molar-refractivity contribution >= 4 is 5.91 Å². The minimum Gasteiger partial charge on any atom is -0.396 e. The number of carbonyl (C=O) groups is 1. The highest BCUT2D eigenvalue weighted by atomic mass is 16.7. The molecule has 0 unspecified atom stereocenters. The van der Waals surface area contributed by atoms with E-state index in [0.717, 1.165) is 0 Å². The molecule has 0 radical (unpaired) electrons. The van der Waals surface area contributed by atoms with Crippen molar-refractivity contribution in [3.8, 4) is 0 Å². The summed E-state index contributed by atoms with van der Waals surface area (Å²) in [6.07, 6.45) is -5.64. The van der Waals surface area contributed by atoms with E-state index in [2.05, 4.69) is 5.32 Å². The molecule has 8 nitrogen and oxygen atoms in total. The molecule has 1 aliphatic rings. The van der Waals surface area contributed by atoms with Gasteiger partial charge in [-0.05, 0) is 6.92 Å². The molecule has 1 saturated heterocycles. The Labute approximate surface area is 110 Å². The van der Waals surface area contributed by atoms with Crippen LogP contribution in [0.2, 0.25) is 0 Å². The normalized spacial score (nSPS) is 36.8. The lowest BCUT2D eigenvalue weighted by molar-refractivity contribution is -0.263. The molecule has 8 heteroatoms. The summed E-state index contributed by atoms with van der Waals surface area (Å²) in [7, 11) is 1.33. The van der Waals surface area contributed by atoms with Crippen molar-refractivity contribution in [2.45, 2.75) is 50.1 Å². The van der Waals surface area contributed by atoms with E-state index >= 15 is 0 Å². The Kier molecular flexibility index (Phi) is 6.11. The highest BCUT2D eigenvalue weighted by molar-refractivity contribution is 5.80. The van der Waals surface area contributed by atoms with Gasteiger partial charge in [0.2, 0.25) is 5.91 Å². The molecule has 1 rings (SSSR count). The zero-order chi connectivity index (χ0) is 14.6. The van der Waals surface area contributed by atoms with E-state index in [1.165, 1.54) is 7.11 Å². The molecule has 1 amide bonds. The van der Waals surface area contributed by atoms with Gasteiger partial charge in [-0.2, -0.15) is 0 Å². The molecule has 0 aromatic carbocycles. The number of ether oxygens (including phenoxy) is 2. The van der Waals surface area contributed by atoms with Gasteiger partial charge in [0.1, 0.15) is 18.3 Å². The van der Waals surface area contributed by atoms with Gasteiger partial charge in [-0.3, -0.25) is 4.79 Å². The number of methoxy groups -OCH3 is 1. The van der Waals surface area contributed by atoms with Crippen molar-refractivity contribution in [3.05, 3.63) is 0 Å². The summed E-state index contributed by atoms with van der Waals surface area (Å²) in [6.45, 7) is 1.27. The maximum atomic E-state index is 11.6. The quantitative estimate of drug-likeness (QED) is 0.371. The highest BCUT2D eigenvalue weighted by Crippen LogP contribution is 2.21. The smallest absolute Gasteiger partial charge is 0.249 e. The first-order valence-corrected chi connectivity index (χ1v) is 6.06. The lowest BCUT2D eigenvalue weighted by atomic mass is 9.96. The second-order valence-corrected chi connectivity index (χ2v) is 4.49. The van der Waals surface area contributed by atoms with E-state index in [1.54, 1.807) is 6.92 Å². The SMILES string of the molecule is CO[C@@H]1O[C@H](C)[C@@H](NC(=O)[C@H](O)CCO)[C@H](O)[C@@H]1O. The van der Waals surface area contributed by atoms with E-state index in [0.29, 0.717) is 0 Å². The third-order valence-electron chi connectivity index (χ3n) is 3.10. The Hall–Kier alpha value is -0.770. The van der Waals surface area contributed by atoms with Crippen molar-refractivity contribution in [1.82, 2.24) is 5.32 Å². The number of aliphatic hydroxyl groups is 4. The van der Waals surface area contributed by atoms with Crippen molar-refractivity contribution in [3.63, 3.8) is 0 Å². The van der Waals surface area contributed by atoms with Gasteiger partial charge in [0.05, 0.1) is 12.1 Å². The van der Waals surface area contributed by atoms with Crippen LogP contribution in [0.15, 0.2) is 0 Å². The average Bonchev–Trinajstić information content (AvgIpc) is 2.38. The Morgan fingerprint density at radius 3 is 2.58 bits per heavy atom. The minimum absolute atomic E-state index is 0.104. The molecule has 19 heavy (non-hydrogen) atoms. The number of amides is 1. The van der Waals surface area contributed by atoms with Crippen molar-refractivity contribution in [2.75, 3.05) is 13.7 Å². The van der Waals surface area contributed by atoms with Crippen molar-refractivity contribution in [1.29, 1.82) is 0 Å². The van der Waals surface area contributed by atoms with Crippen LogP contribution in [-0.4, -0.2) is 76.8 Å². The van der Waals surface area contributed by atoms with Crippen LogP contribution >= 0.6 is 0 Å². The lowest BCUT2D eigenvalue weighted by Crippen LogP contribution is -2.63. The van der Waals surface area contributed by atoms with E-state index in [9.17, 15) is 20.1 Å². The van der Waals surface area contributed by atoms with Gasteiger partial charge in [0, 0.05) is 20.1 Å². The Bertz CT molecular complexity index is 301. The summed E-state index contributed by atoms with van der Waals surface area (Å²) in [5, 5.41) is 40.1. The number of carbonyl (C=O) groups excluding carboxylic acids is 1. The number of hydrogen-bond acceptors (Lipinski definition) is 7. The maximum Gasteiger partial charge on any atom is 0.249 e. The first-order valence-electron chi connectivity index (χ1n) is 6.06. The van der Waals surface area contributed by atoms with Crippen LogP contribution in [0.3, 0.4) is 0 Å². The Morgan fingerprint density at radius 2 is 2.05 bits per heavy atom. The minimum atomic E-state index is -1.37. The number of rotatable bonds is 5. The molecule has 0 spiro atoms. The van der Waals surface area contributed by atoms with Crippen LogP contribution < -0.4 is 5.32 Å². The van der Waals surface area contributed by atoms with E-state index in [4.69, 9.17) is 14.6 Å². The van der Waals surface area contributed by atoms with Gasteiger partial charge in [-0.25, -0.2) is 0 Å². The van der Waals surface area contributed by atoms with Crippen molar-refractivity contribution < 1.29 is 34.7 Å². The topological polar surface area (TPSA) is 128 Å². The first-order chi connectivity index (χ1) is 8.92. The predicted molar refractivity (Wildman–Crippen MR) is 63.0 cm³/mol. The molecule has 1 aliphatic heterocycles. The molecule has 0 saturated carbocycles. The molecule has 0 aliphatic carbocycles. The van der Waals surface area contributed by atoms with Crippen LogP contribution in [0, 0.1) is 0 Å². The number of hydrogen-bond donors (Lipinski definition) is 5. The third kappa shape index (κ3) is 3.85. The Balaban J connectivity index is 2.64. The van der Waals surface area contributed by atoms with Gasteiger partial charge >= 0.3 is 0 Å². The molecule has 0 bridgehead atoms. The van der Waals surface area contributed by atoms with Crippen LogP contribution in [0.5, 0.6) is 0 Å². The lowest BCUT2D eigenvalue weighted by Gasteiger charge is -2.41. The van der Waals surface area contributed by atoms with Crippen LogP contribution in [-0.2, 0) is 14.3 Å². The van der Waals surface area contributed by atoms with E-state index in [-0.39, 0.29) is 13.0 Å². The van der Waals surface area contributed by atoms with Gasteiger partial charge in [-0.15, -0.1) is 0 Å². The van der Waals surface area contributed by atoms with Gasteiger partial charge < -0.3 is 35.2 Å². The zero-order valence-electron chi connectivity index (χ0n) is 10.9. The fourth-order valence-electron chi connectivity index (χ4n) is 1.94. The van der Waals surface area contributed by atoms with Gasteiger partial charge in [-0.1, -0.05) is 0 Å². The molecule has 5 N–H and O–H groups in total. The van der Waals surface area contributed by atoms with Crippen LogP contribution in [0.1, 0.15) is 13.3 Å². The standard InChI is InChI=1S/C11H21NO7/c1-5-7(12-10(17)6(14)3-4-13)8(15)9(16)11(18-2)19-5/h5-9,11,13-16H,3-4H2,1-2H3,(H,12,17)/t5-,6-,7-,8+,9+,11-/m1/s1. The third-order valence-corrected chi connectivity index (χ3v) is 3.10. The molecular weight excluding hydrogens is 258 g/mol. The van der Waals surface area contributed by atoms with E-state index in [1.807, 2.05) is 0 Å². The molecule has 1 fully saturated rings. The maximum absolute atomic E-state index is 11.6. The van der Waals surface area contributed by atoms with Crippen molar-refractivity contribution in [2.24, 2.45) is 0 Å². The molecular formula is C11H21NO7. The molecule has 1 heterocycles. The molecule has 0 aromatic heterocycles. The number of nitrogens with one attached hydrogen (secondary N) is 1. The highest BCUT2D eigenvalue weighted by Gasteiger charge is 2.43.